The van der Waals surface area contributed by atoms with E-state index in [-0.39, 0.29) is 21.5 Å². The zero-order chi connectivity index (χ0) is 8.43. The number of aromatic hydroxyl groups is 2. The first kappa shape index (κ1) is 8.07. The van der Waals surface area contributed by atoms with Gasteiger partial charge in [-0.1, -0.05) is 0 Å². The van der Waals surface area contributed by atoms with Gasteiger partial charge in [0.15, 0.2) is 6.29 Å². The van der Waals surface area contributed by atoms with Crippen LogP contribution in [0, 0.1) is 0 Å². The van der Waals surface area contributed by atoms with E-state index >= 15 is 0 Å². The molecule has 0 aromatic heterocycles. The molecule has 0 aliphatic rings. The van der Waals surface area contributed by atoms with Crippen molar-refractivity contribution in [2.75, 3.05) is 0 Å². The molecule has 0 aliphatic carbocycles. The van der Waals surface area contributed by atoms with Gasteiger partial charge in [-0.2, -0.15) is 0 Å². The Kier molecular flexibility index (Phi) is 2.14. The van der Waals surface area contributed by atoms with Crippen molar-refractivity contribution in [3.63, 3.8) is 0 Å². The molecule has 2 N–H and O–H groups in total. The lowest BCUT2D eigenvalue weighted by molar-refractivity contribution is 0.112. The Bertz CT molecular complexity index is 296. The monoisotopic (exact) mass is 216 g/mol. The summed E-state index contributed by atoms with van der Waals surface area (Å²) in [6, 6.07) is 2.66. The van der Waals surface area contributed by atoms with Gasteiger partial charge in [0.2, 0.25) is 0 Å². The Morgan fingerprint density at radius 2 is 2.00 bits per heavy atom. The summed E-state index contributed by atoms with van der Waals surface area (Å²) in [5, 5.41) is 18.1. The third-order valence-electron chi connectivity index (χ3n) is 1.25. The van der Waals surface area contributed by atoms with Crippen LogP contribution < -0.4 is 0 Å². The van der Waals surface area contributed by atoms with E-state index in [1.54, 1.807) is 0 Å². The number of halogens is 1. The number of hydrogen-bond donors (Lipinski definition) is 2. The highest BCUT2D eigenvalue weighted by molar-refractivity contribution is 9.10. The average molecular weight is 217 g/mol. The minimum absolute atomic E-state index is 0.0897. The van der Waals surface area contributed by atoms with Crippen molar-refractivity contribution in [1.82, 2.24) is 0 Å². The van der Waals surface area contributed by atoms with E-state index in [9.17, 15) is 4.79 Å². The summed E-state index contributed by atoms with van der Waals surface area (Å²) in [6.07, 6.45) is 0.513. The molecule has 58 valence electrons. The molecule has 0 bridgehead atoms. The predicted octanol–water partition coefficient (Wildman–Crippen LogP) is 1.67. The van der Waals surface area contributed by atoms with Crippen LogP contribution in [0.15, 0.2) is 16.6 Å². The Hall–Kier alpha value is -1.03. The van der Waals surface area contributed by atoms with Gasteiger partial charge in [-0.25, -0.2) is 0 Å². The first-order chi connectivity index (χ1) is 5.16. The van der Waals surface area contributed by atoms with Gasteiger partial charge in [-0.15, -0.1) is 0 Å². The van der Waals surface area contributed by atoms with Gasteiger partial charge in [0, 0.05) is 0 Å². The summed E-state index contributed by atoms with van der Waals surface area (Å²) in [5.41, 5.74) is 0.148. The van der Waals surface area contributed by atoms with Crippen LogP contribution in [0.4, 0.5) is 0 Å². The molecule has 0 atom stereocenters. The minimum Gasteiger partial charge on any atom is -0.507 e. The van der Waals surface area contributed by atoms with Gasteiger partial charge in [0.25, 0.3) is 0 Å². The Balaban J connectivity index is 3.36. The first-order valence-corrected chi connectivity index (χ1v) is 3.61. The molecule has 0 saturated heterocycles. The second-order valence-corrected chi connectivity index (χ2v) is 2.75. The van der Waals surface area contributed by atoms with Crippen LogP contribution >= 0.6 is 15.9 Å². The topological polar surface area (TPSA) is 57.5 Å². The number of rotatable bonds is 1. The van der Waals surface area contributed by atoms with E-state index < -0.39 is 0 Å². The van der Waals surface area contributed by atoms with Gasteiger partial charge in [0.05, 0.1) is 5.56 Å². The van der Waals surface area contributed by atoms with E-state index in [0.717, 1.165) is 0 Å². The maximum atomic E-state index is 10.2. The molecule has 1 aromatic rings. The van der Waals surface area contributed by atoms with E-state index in [1.807, 2.05) is 0 Å². The van der Waals surface area contributed by atoms with Crippen molar-refractivity contribution in [3.8, 4) is 11.5 Å². The largest absolute Gasteiger partial charge is 0.507 e. The molecule has 0 fully saturated rings. The predicted molar refractivity (Wildman–Crippen MR) is 42.9 cm³/mol. The van der Waals surface area contributed by atoms with Crippen LogP contribution in [0.5, 0.6) is 11.5 Å². The molecular formula is C7H5BrO3. The van der Waals surface area contributed by atoms with Gasteiger partial charge < -0.3 is 10.2 Å². The molecular weight excluding hydrogens is 212 g/mol. The summed E-state index contributed by atoms with van der Waals surface area (Å²) in [4.78, 5) is 10.2. The Labute approximate surface area is 71.4 Å². The summed E-state index contributed by atoms with van der Waals surface area (Å²) in [6.45, 7) is 0. The van der Waals surface area contributed by atoms with E-state index in [4.69, 9.17) is 10.2 Å². The number of phenols is 2. The van der Waals surface area contributed by atoms with E-state index in [0.29, 0.717) is 6.29 Å². The van der Waals surface area contributed by atoms with Crippen LogP contribution in [0.1, 0.15) is 10.4 Å². The van der Waals surface area contributed by atoms with Crippen molar-refractivity contribution in [1.29, 1.82) is 0 Å². The standard InChI is InChI=1S/C7H5BrO3/c8-6-5(10)2-1-4(3-9)7(6)11/h1-3,10-11H. The quantitative estimate of drug-likeness (QED) is 0.703. The normalized spacial score (nSPS) is 9.55. The molecule has 11 heavy (non-hydrogen) atoms. The zero-order valence-electron chi connectivity index (χ0n) is 5.41. The molecule has 0 aliphatic heterocycles. The fourth-order valence-electron chi connectivity index (χ4n) is 0.664. The van der Waals surface area contributed by atoms with Crippen molar-refractivity contribution in [2.45, 2.75) is 0 Å². The molecule has 0 spiro atoms. The smallest absolute Gasteiger partial charge is 0.153 e. The SMILES string of the molecule is O=Cc1ccc(O)c(Br)c1O. The highest BCUT2D eigenvalue weighted by Gasteiger charge is 2.07. The molecule has 0 radical (unpaired) electrons. The van der Waals surface area contributed by atoms with E-state index in [1.165, 1.54) is 12.1 Å². The van der Waals surface area contributed by atoms with Crippen LogP contribution in [0.25, 0.3) is 0 Å². The van der Waals surface area contributed by atoms with Gasteiger partial charge in [-0.3, -0.25) is 4.79 Å². The lowest BCUT2D eigenvalue weighted by Gasteiger charge is -2.00. The maximum absolute atomic E-state index is 10.2. The molecule has 0 amide bonds. The van der Waals surface area contributed by atoms with Crippen molar-refractivity contribution in [3.05, 3.63) is 22.2 Å². The first-order valence-electron chi connectivity index (χ1n) is 2.82. The number of phenolic OH excluding ortho intramolecular Hbond substituents is 2. The summed E-state index contributed by atoms with van der Waals surface area (Å²) in [5.74, 6) is -0.326. The number of carbonyl (C=O) groups is 1. The van der Waals surface area contributed by atoms with Crippen molar-refractivity contribution < 1.29 is 15.0 Å². The second kappa shape index (κ2) is 2.92. The molecule has 0 unspecified atom stereocenters. The number of carbonyl (C=O) groups excluding carboxylic acids is 1. The summed E-state index contributed by atoms with van der Waals surface area (Å²) >= 11 is 2.91. The number of benzene rings is 1. The molecule has 3 nitrogen and oxygen atoms in total. The molecule has 4 heteroatoms. The van der Waals surface area contributed by atoms with Crippen molar-refractivity contribution in [2.24, 2.45) is 0 Å². The van der Waals surface area contributed by atoms with Crippen LogP contribution in [0.2, 0.25) is 0 Å². The third-order valence-corrected chi connectivity index (χ3v) is 2.04. The molecule has 0 heterocycles. The average Bonchev–Trinajstić information content (AvgIpc) is 2.01. The highest BCUT2D eigenvalue weighted by Crippen LogP contribution is 2.34. The van der Waals surface area contributed by atoms with Crippen LogP contribution in [0.3, 0.4) is 0 Å². The Morgan fingerprint density at radius 1 is 1.36 bits per heavy atom. The maximum Gasteiger partial charge on any atom is 0.153 e. The van der Waals surface area contributed by atoms with Crippen LogP contribution in [-0.4, -0.2) is 16.5 Å². The number of hydrogen-bond acceptors (Lipinski definition) is 3. The van der Waals surface area contributed by atoms with E-state index in [2.05, 4.69) is 15.9 Å². The fraction of sp³-hybridized carbons (Fsp3) is 0. The lowest BCUT2D eigenvalue weighted by atomic mass is 10.2. The Morgan fingerprint density at radius 3 is 2.55 bits per heavy atom. The summed E-state index contributed by atoms with van der Waals surface area (Å²) in [7, 11) is 0. The second-order valence-electron chi connectivity index (χ2n) is 1.95. The highest BCUT2D eigenvalue weighted by atomic mass is 79.9. The fourth-order valence-corrected chi connectivity index (χ4v) is 1.03. The zero-order valence-corrected chi connectivity index (χ0v) is 7.00. The number of aldehydes is 1. The van der Waals surface area contributed by atoms with Crippen molar-refractivity contribution >= 4 is 22.2 Å². The lowest BCUT2D eigenvalue weighted by Crippen LogP contribution is -1.81. The van der Waals surface area contributed by atoms with Crippen LogP contribution in [-0.2, 0) is 0 Å². The van der Waals surface area contributed by atoms with Gasteiger partial charge in [0.1, 0.15) is 16.0 Å². The molecule has 0 saturated carbocycles. The molecule has 1 aromatic carbocycles. The van der Waals surface area contributed by atoms with Gasteiger partial charge >= 0.3 is 0 Å². The summed E-state index contributed by atoms with van der Waals surface area (Å²) < 4.78 is 0.141. The molecule has 1 rings (SSSR count). The minimum atomic E-state index is -0.236. The van der Waals surface area contributed by atoms with Gasteiger partial charge in [-0.05, 0) is 28.1 Å². The third kappa shape index (κ3) is 1.35.